The van der Waals surface area contributed by atoms with Crippen molar-refractivity contribution < 1.29 is 0 Å². The zero-order valence-corrected chi connectivity index (χ0v) is 13.1. The van der Waals surface area contributed by atoms with E-state index in [0.29, 0.717) is 5.41 Å². The molecule has 0 spiro atoms. The van der Waals surface area contributed by atoms with Crippen LogP contribution in [0.15, 0.2) is 0 Å². The zero-order chi connectivity index (χ0) is 13.5. The summed E-state index contributed by atoms with van der Waals surface area (Å²) in [7, 11) is 0. The molecule has 1 saturated heterocycles. The molecule has 110 valence electrons. The second kappa shape index (κ2) is 5.37. The number of nitrogens with zero attached hydrogens (tertiary/aromatic N) is 1. The van der Waals surface area contributed by atoms with Crippen LogP contribution in [-0.4, -0.2) is 36.1 Å². The Morgan fingerprint density at radius 2 is 1.68 bits per heavy atom. The van der Waals surface area contributed by atoms with Crippen molar-refractivity contribution in [2.45, 2.75) is 83.8 Å². The van der Waals surface area contributed by atoms with Gasteiger partial charge in [0, 0.05) is 18.1 Å². The zero-order valence-electron chi connectivity index (χ0n) is 13.1. The van der Waals surface area contributed by atoms with E-state index in [1.54, 1.807) is 0 Å². The predicted molar refractivity (Wildman–Crippen MR) is 81.3 cm³/mol. The molecule has 0 radical (unpaired) electrons. The maximum absolute atomic E-state index is 4.00. The van der Waals surface area contributed by atoms with E-state index in [0.717, 1.165) is 24.0 Å². The third-order valence-corrected chi connectivity index (χ3v) is 5.74. The molecule has 1 heterocycles. The summed E-state index contributed by atoms with van der Waals surface area (Å²) in [5.74, 6) is 0.852. The Labute approximate surface area is 119 Å². The van der Waals surface area contributed by atoms with Crippen LogP contribution in [0, 0.1) is 11.3 Å². The summed E-state index contributed by atoms with van der Waals surface area (Å²) in [6.45, 7) is 10.0. The molecule has 3 aliphatic rings. The first kappa shape index (κ1) is 13.9. The Morgan fingerprint density at radius 3 is 2.26 bits per heavy atom. The summed E-state index contributed by atoms with van der Waals surface area (Å²) in [6.07, 6.45) is 9.87. The van der Waals surface area contributed by atoms with Crippen LogP contribution in [0.25, 0.3) is 0 Å². The highest BCUT2D eigenvalue weighted by molar-refractivity contribution is 4.92. The van der Waals surface area contributed by atoms with Crippen molar-refractivity contribution in [3.05, 3.63) is 0 Å². The van der Waals surface area contributed by atoms with Crippen molar-refractivity contribution in [1.29, 1.82) is 0 Å². The largest absolute Gasteiger partial charge is 0.311 e. The standard InChI is InChI=1S/C17H32N2/c1-13-12-17(2,3)9-6-16(13)18-14-7-10-19(11-8-14)15-4-5-15/h13-16,18H,4-12H2,1-3H3. The number of likely N-dealkylation sites (tertiary alicyclic amines) is 1. The third kappa shape index (κ3) is 3.52. The first-order chi connectivity index (χ1) is 9.03. The van der Waals surface area contributed by atoms with E-state index in [1.807, 2.05) is 0 Å². The van der Waals surface area contributed by atoms with Gasteiger partial charge in [0.05, 0.1) is 0 Å². The number of hydrogen-bond donors (Lipinski definition) is 1. The average Bonchev–Trinajstić information content (AvgIpc) is 3.17. The molecule has 1 aliphatic heterocycles. The molecule has 0 aromatic heterocycles. The number of hydrogen-bond acceptors (Lipinski definition) is 2. The van der Waals surface area contributed by atoms with Crippen molar-refractivity contribution in [1.82, 2.24) is 10.2 Å². The van der Waals surface area contributed by atoms with Crippen LogP contribution in [0.4, 0.5) is 0 Å². The van der Waals surface area contributed by atoms with Crippen LogP contribution in [-0.2, 0) is 0 Å². The molecule has 3 rings (SSSR count). The van der Waals surface area contributed by atoms with Gasteiger partial charge in [-0.05, 0) is 69.4 Å². The molecule has 2 aliphatic carbocycles. The predicted octanol–water partition coefficient (Wildman–Crippen LogP) is 3.42. The van der Waals surface area contributed by atoms with Gasteiger partial charge in [-0.3, -0.25) is 0 Å². The Hall–Kier alpha value is -0.0800. The number of rotatable bonds is 3. The van der Waals surface area contributed by atoms with Crippen molar-refractivity contribution in [3.8, 4) is 0 Å². The first-order valence-electron chi connectivity index (χ1n) is 8.54. The summed E-state index contributed by atoms with van der Waals surface area (Å²) >= 11 is 0. The lowest BCUT2D eigenvalue weighted by Gasteiger charge is -2.42. The molecule has 2 saturated carbocycles. The van der Waals surface area contributed by atoms with E-state index >= 15 is 0 Å². The molecular weight excluding hydrogens is 232 g/mol. The van der Waals surface area contributed by atoms with Crippen LogP contribution >= 0.6 is 0 Å². The van der Waals surface area contributed by atoms with Crippen LogP contribution in [0.1, 0.15) is 65.7 Å². The molecule has 1 N–H and O–H groups in total. The second-order valence-corrected chi connectivity index (χ2v) is 8.20. The molecule has 3 fully saturated rings. The van der Waals surface area contributed by atoms with E-state index in [1.165, 1.54) is 58.0 Å². The van der Waals surface area contributed by atoms with Gasteiger partial charge in [-0.15, -0.1) is 0 Å². The van der Waals surface area contributed by atoms with Gasteiger partial charge in [0.25, 0.3) is 0 Å². The van der Waals surface area contributed by atoms with Gasteiger partial charge in [0.1, 0.15) is 0 Å². The molecular formula is C17H32N2. The van der Waals surface area contributed by atoms with Crippen molar-refractivity contribution >= 4 is 0 Å². The smallest absolute Gasteiger partial charge is 0.00964 e. The highest BCUT2D eigenvalue weighted by Crippen LogP contribution is 2.39. The molecule has 2 nitrogen and oxygen atoms in total. The summed E-state index contributed by atoms with van der Waals surface area (Å²) in [5, 5.41) is 4.00. The Balaban J connectivity index is 1.44. The quantitative estimate of drug-likeness (QED) is 0.840. The maximum Gasteiger partial charge on any atom is 0.00964 e. The SMILES string of the molecule is CC1CC(C)(C)CCC1NC1CCN(C2CC2)CC1. The van der Waals surface area contributed by atoms with Crippen molar-refractivity contribution in [3.63, 3.8) is 0 Å². The van der Waals surface area contributed by atoms with Gasteiger partial charge >= 0.3 is 0 Å². The van der Waals surface area contributed by atoms with E-state index < -0.39 is 0 Å². The minimum absolute atomic E-state index is 0.576. The van der Waals surface area contributed by atoms with Crippen molar-refractivity contribution in [2.75, 3.05) is 13.1 Å². The number of piperidine rings is 1. The van der Waals surface area contributed by atoms with Gasteiger partial charge in [-0.2, -0.15) is 0 Å². The Morgan fingerprint density at radius 1 is 1.00 bits per heavy atom. The minimum Gasteiger partial charge on any atom is -0.311 e. The summed E-state index contributed by atoms with van der Waals surface area (Å²) < 4.78 is 0. The number of nitrogens with one attached hydrogen (secondary N) is 1. The normalized spacial score (nSPS) is 37.4. The van der Waals surface area contributed by atoms with Gasteiger partial charge < -0.3 is 10.2 Å². The average molecular weight is 264 g/mol. The molecule has 19 heavy (non-hydrogen) atoms. The van der Waals surface area contributed by atoms with Gasteiger partial charge in [0.2, 0.25) is 0 Å². The Kier molecular flexibility index (Phi) is 3.92. The van der Waals surface area contributed by atoms with Crippen LogP contribution < -0.4 is 5.32 Å². The highest BCUT2D eigenvalue weighted by Gasteiger charge is 2.35. The first-order valence-corrected chi connectivity index (χ1v) is 8.54. The van der Waals surface area contributed by atoms with E-state index in [-0.39, 0.29) is 0 Å². The topological polar surface area (TPSA) is 15.3 Å². The fourth-order valence-electron chi connectivity index (χ4n) is 4.37. The summed E-state index contributed by atoms with van der Waals surface area (Å²) in [4.78, 5) is 2.73. The van der Waals surface area contributed by atoms with Crippen LogP contribution in [0.3, 0.4) is 0 Å². The lowest BCUT2D eigenvalue weighted by Crippen LogP contribution is -2.50. The lowest BCUT2D eigenvalue weighted by molar-refractivity contribution is 0.121. The van der Waals surface area contributed by atoms with Gasteiger partial charge in [0.15, 0.2) is 0 Å². The molecule has 0 aromatic rings. The van der Waals surface area contributed by atoms with E-state index in [9.17, 15) is 0 Å². The van der Waals surface area contributed by atoms with E-state index in [2.05, 4.69) is 31.0 Å². The molecule has 2 unspecified atom stereocenters. The molecule has 0 bridgehead atoms. The molecule has 2 atom stereocenters. The molecule has 0 aromatic carbocycles. The van der Waals surface area contributed by atoms with E-state index in [4.69, 9.17) is 0 Å². The fourth-order valence-corrected chi connectivity index (χ4v) is 4.37. The Bertz CT molecular complexity index is 300. The minimum atomic E-state index is 0.576. The van der Waals surface area contributed by atoms with Gasteiger partial charge in [-0.1, -0.05) is 20.8 Å². The second-order valence-electron chi connectivity index (χ2n) is 8.20. The van der Waals surface area contributed by atoms with Gasteiger partial charge in [-0.25, -0.2) is 0 Å². The van der Waals surface area contributed by atoms with Crippen LogP contribution in [0.2, 0.25) is 0 Å². The highest BCUT2D eigenvalue weighted by atomic mass is 15.2. The molecule has 2 heteroatoms. The van der Waals surface area contributed by atoms with Crippen molar-refractivity contribution in [2.24, 2.45) is 11.3 Å². The monoisotopic (exact) mass is 264 g/mol. The summed E-state index contributed by atoms with van der Waals surface area (Å²) in [5.41, 5.74) is 0.576. The van der Waals surface area contributed by atoms with Crippen LogP contribution in [0.5, 0.6) is 0 Å². The lowest BCUT2D eigenvalue weighted by atomic mass is 9.70. The summed E-state index contributed by atoms with van der Waals surface area (Å²) in [6, 6.07) is 2.55. The third-order valence-electron chi connectivity index (χ3n) is 5.74. The maximum atomic E-state index is 4.00. The molecule has 0 amide bonds. The fraction of sp³-hybridized carbons (Fsp3) is 1.00.